The number of nitrogens with zero attached hydrogens (tertiary/aromatic N) is 2. The van der Waals surface area contributed by atoms with Gasteiger partial charge < -0.3 is 9.88 Å². The molecule has 1 unspecified atom stereocenters. The molecular formula is C28H20ClN3. The predicted molar refractivity (Wildman–Crippen MR) is 134 cm³/mol. The summed E-state index contributed by atoms with van der Waals surface area (Å²) < 4.78 is 2.33. The highest BCUT2D eigenvalue weighted by Crippen LogP contribution is 2.37. The van der Waals surface area contributed by atoms with Crippen molar-refractivity contribution in [2.24, 2.45) is 4.99 Å². The van der Waals surface area contributed by atoms with Crippen molar-refractivity contribution in [1.29, 1.82) is 0 Å². The van der Waals surface area contributed by atoms with E-state index in [0.717, 1.165) is 28.0 Å². The summed E-state index contributed by atoms with van der Waals surface area (Å²) >= 11 is 6.52. The molecule has 0 amide bonds. The zero-order chi connectivity index (χ0) is 21.5. The SMILES string of the molecule is ClC1=NC(c2ccccc2)NC(c2cccc3c4ccccc4n(-c4ccccc4)c23)=C1. The van der Waals surface area contributed by atoms with Crippen LogP contribution in [-0.4, -0.2) is 9.74 Å². The summed E-state index contributed by atoms with van der Waals surface area (Å²) in [5.74, 6) is 0. The first-order valence-corrected chi connectivity index (χ1v) is 11.0. The smallest absolute Gasteiger partial charge is 0.146 e. The molecule has 6 rings (SSSR count). The molecule has 0 saturated carbocycles. The van der Waals surface area contributed by atoms with E-state index in [0.29, 0.717) is 5.17 Å². The predicted octanol–water partition coefficient (Wildman–Crippen LogP) is 7.06. The minimum absolute atomic E-state index is 0.228. The highest BCUT2D eigenvalue weighted by Gasteiger charge is 2.22. The molecule has 1 N–H and O–H groups in total. The van der Waals surface area contributed by atoms with Crippen molar-refractivity contribution >= 4 is 44.3 Å². The van der Waals surface area contributed by atoms with Crippen molar-refractivity contribution in [3.8, 4) is 5.69 Å². The van der Waals surface area contributed by atoms with E-state index in [2.05, 4.69) is 93.7 Å². The van der Waals surface area contributed by atoms with Gasteiger partial charge in [-0.15, -0.1) is 0 Å². The molecule has 1 atom stereocenters. The maximum absolute atomic E-state index is 6.52. The van der Waals surface area contributed by atoms with Crippen LogP contribution in [0.3, 0.4) is 0 Å². The Kier molecular flexibility index (Phi) is 4.55. The molecule has 1 aliphatic heterocycles. The Morgan fingerprint density at radius 3 is 2.22 bits per heavy atom. The van der Waals surface area contributed by atoms with Crippen LogP contribution in [0, 0.1) is 0 Å². The van der Waals surface area contributed by atoms with Crippen LogP contribution in [0.15, 0.2) is 114 Å². The summed E-state index contributed by atoms with van der Waals surface area (Å²) in [5.41, 5.74) is 6.59. The van der Waals surface area contributed by atoms with Crippen molar-refractivity contribution in [3.05, 3.63) is 120 Å². The number of rotatable bonds is 3. The summed E-state index contributed by atoms with van der Waals surface area (Å²) in [6, 6.07) is 35.7. The van der Waals surface area contributed by atoms with Gasteiger partial charge in [-0.25, -0.2) is 4.99 Å². The molecule has 32 heavy (non-hydrogen) atoms. The Hall–Kier alpha value is -3.82. The Labute approximate surface area is 191 Å². The summed E-state index contributed by atoms with van der Waals surface area (Å²) in [4.78, 5) is 4.62. The summed E-state index contributed by atoms with van der Waals surface area (Å²) in [7, 11) is 0. The Bertz CT molecular complexity index is 1500. The number of hydrogen-bond acceptors (Lipinski definition) is 2. The number of nitrogens with one attached hydrogen (secondary N) is 1. The first-order valence-electron chi connectivity index (χ1n) is 10.6. The fraction of sp³-hybridized carbons (Fsp3) is 0.0357. The van der Waals surface area contributed by atoms with Crippen LogP contribution >= 0.6 is 11.6 Å². The Balaban J connectivity index is 1.60. The van der Waals surface area contributed by atoms with Gasteiger partial charge in [-0.05, 0) is 29.8 Å². The number of hydrogen-bond donors (Lipinski definition) is 1. The van der Waals surface area contributed by atoms with Crippen molar-refractivity contribution in [2.75, 3.05) is 0 Å². The van der Waals surface area contributed by atoms with Crippen LogP contribution in [0.4, 0.5) is 0 Å². The topological polar surface area (TPSA) is 29.3 Å². The van der Waals surface area contributed by atoms with Gasteiger partial charge in [0.2, 0.25) is 0 Å². The number of benzene rings is 4. The molecule has 4 heteroatoms. The van der Waals surface area contributed by atoms with Gasteiger partial charge in [0.05, 0.1) is 11.0 Å². The number of aliphatic imine (C=N–C) groups is 1. The number of para-hydroxylation sites is 3. The molecule has 0 radical (unpaired) electrons. The van der Waals surface area contributed by atoms with Crippen LogP contribution in [-0.2, 0) is 0 Å². The summed E-state index contributed by atoms with van der Waals surface area (Å²) in [6.07, 6.45) is 1.69. The first-order chi connectivity index (χ1) is 15.8. The van der Waals surface area contributed by atoms with Gasteiger partial charge in [-0.1, -0.05) is 96.5 Å². The third-order valence-electron chi connectivity index (χ3n) is 5.92. The van der Waals surface area contributed by atoms with Gasteiger partial charge in [-0.3, -0.25) is 0 Å². The van der Waals surface area contributed by atoms with E-state index in [1.807, 2.05) is 30.3 Å². The van der Waals surface area contributed by atoms with Crippen LogP contribution in [0.1, 0.15) is 17.3 Å². The quantitative estimate of drug-likeness (QED) is 0.324. The second-order valence-corrected chi connectivity index (χ2v) is 8.24. The molecule has 0 saturated heterocycles. The van der Waals surface area contributed by atoms with Gasteiger partial charge in [0.25, 0.3) is 0 Å². The number of allylic oxidation sites excluding steroid dienone is 1. The molecule has 3 nitrogen and oxygen atoms in total. The average molecular weight is 434 g/mol. The Morgan fingerprint density at radius 2 is 1.41 bits per heavy atom. The van der Waals surface area contributed by atoms with Crippen LogP contribution in [0.25, 0.3) is 33.2 Å². The molecule has 1 aromatic heterocycles. The molecule has 0 bridgehead atoms. The minimum Gasteiger partial charge on any atom is -0.359 e. The van der Waals surface area contributed by atoms with Crippen molar-refractivity contribution < 1.29 is 0 Å². The largest absolute Gasteiger partial charge is 0.359 e. The average Bonchev–Trinajstić information content (AvgIpc) is 3.19. The van der Waals surface area contributed by atoms with E-state index in [1.165, 1.54) is 16.3 Å². The van der Waals surface area contributed by atoms with E-state index >= 15 is 0 Å². The lowest BCUT2D eigenvalue weighted by Gasteiger charge is -2.24. The third kappa shape index (κ3) is 3.10. The normalized spacial score (nSPS) is 16.0. The van der Waals surface area contributed by atoms with E-state index < -0.39 is 0 Å². The van der Waals surface area contributed by atoms with E-state index in [4.69, 9.17) is 11.6 Å². The second kappa shape index (κ2) is 7.70. The first kappa shape index (κ1) is 18.9. The summed E-state index contributed by atoms with van der Waals surface area (Å²) in [6.45, 7) is 0. The second-order valence-electron chi connectivity index (χ2n) is 7.86. The third-order valence-corrected chi connectivity index (χ3v) is 6.13. The van der Waals surface area contributed by atoms with Gasteiger partial charge in [0.1, 0.15) is 11.3 Å². The molecule has 0 fully saturated rings. The monoisotopic (exact) mass is 433 g/mol. The van der Waals surface area contributed by atoms with Gasteiger partial charge in [0.15, 0.2) is 0 Å². The molecule has 5 aromatic rings. The molecule has 4 aromatic carbocycles. The number of fused-ring (bicyclic) bond motifs is 3. The van der Waals surface area contributed by atoms with E-state index in [9.17, 15) is 0 Å². The maximum Gasteiger partial charge on any atom is 0.146 e. The van der Waals surface area contributed by atoms with Crippen molar-refractivity contribution in [1.82, 2.24) is 9.88 Å². The molecular weight excluding hydrogens is 414 g/mol. The minimum atomic E-state index is -0.228. The molecule has 0 spiro atoms. The number of aromatic nitrogens is 1. The van der Waals surface area contributed by atoms with Crippen LogP contribution in [0.2, 0.25) is 0 Å². The maximum atomic E-state index is 6.52. The van der Waals surface area contributed by atoms with Crippen LogP contribution in [0.5, 0.6) is 0 Å². The van der Waals surface area contributed by atoms with E-state index in [-0.39, 0.29) is 6.17 Å². The van der Waals surface area contributed by atoms with E-state index in [1.54, 1.807) is 0 Å². The molecule has 0 aliphatic carbocycles. The fourth-order valence-corrected chi connectivity index (χ4v) is 4.74. The lowest BCUT2D eigenvalue weighted by atomic mass is 10.0. The standard InChI is InChI=1S/C28H20ClN3/c29-26-18-24(30-28(31-26)19-10-3-1-4-11-19)23-16-9-15-22-21-14-7-8-17-25(21)32(27(22)23)20-12-5-2-6-13-20/h1-18,28,30H. The molecule has 154 valence electrons. The van der Waals surface area contributed by atoms with Crippen molar-refractivity contribution in [2.45, 2.75) is 6.17 Å². The summed E-state index contributed by atoms with van der Waals surface area (Å²) in [5, 5.41) is 6.53. The number of halogens is 1. The zero-order valence-electron chi connectivity index (χ0n) is 17.2. The fourth-order valence-electron chi connectivity index (χ4n) is 4.53. The highest BCUT2D eigenvalue weighted by atomic mass is 35.5. The van der Waals surface area contributed by atoms with Crippen LogP contribution < -0.4 is 5.32 Å². The molecule has 1 aliphatic rings. The zero-order valence-corrected chi connectivity index (χ0v) is 18.0. The highest BCUT2D eigenvalue weighted by molar-refractivity contribution is 6.69. The lowest BCUT2D eigenvalue weighted by Crippen LogP contribution is -2.23. The van der Waals surface area contributed by atoms with Gasteiger partial charge >= 0.3 is 0 Å². The Morgan fingerprint density at radius 1 is 0.719 bits per heavy atom. The van der Waals surface area contributed by atoms with Crippen molar-refractivity contribution in [3.63, 3.8) is 0 Å². The van der Waals surface area contributed by atoms with Gasteiger partial charge in [0, 0.05) is 27.7 Å². The molecule has 2 heterocycles. The van der Waals surface area contributed by atoms with Gasteiger partial charge in [-0.2, -0.15) is 0 Å². The lowest BCUT2D eigenvalue weighted by molar-refractivity contribution is 0.666.